The SMILES string of the molecule is C.C.CC.CC.CC.CC.CC.CC.CC.CC.CC.CC.CC.CC.CC.CC.CC.CC.CC.CC.CC.CC.Cc1ccc2c(c1)CN(C)C2=O.Cc1ccc2c(ccn2C)c1.Cc1ccc2c(cnn2C)c1.Cc1ccc2ccccc2c1.Cc1ccc2ccn(C)c2c1.Cc1ccc2cnn(C)c2c1.Cc1ccc2cnoc2c1.Cc1ccc2ncoc2c1.Cc1ccc2ocnc2c1.Cc1ccc2oncc2c1. The molecule has 0 saturated heterocycles. The van der Waals surface area contributed by atoms with Gasteiger partial charge in [0.15, 0.2) is 35.1 Å². The molecule has 0 saturated carbocycles. The van der Waals surface area contributed by atoms with Crippen LogP contribution in [-0.2, 0) is 34.7 Å². The number of benzene rings is 11. The molecule has 0 aliphatic carbocycles. The first kappa shape index (κ1) is 161. The van der Waals surface area contributed by atoms with Crippen LogP contribution in [0.1, 0.15) is 363 Å². The highest BCUT2D eigenvalue weighted by Gasteiger charge is 2.23. The number of carbonyl (C=O) groups excluding carboxylic acids is 1. The van der Waals surface area contributed by atoms with Crippen molar-refractivity contribution in [1.82, 2.24) is 53.9 Å². The van der Waals surface area contributed by atoms with Gasteiger partial charge >= 0.3 is 0 Å². The molecule has 149 heavy (non-hydrogen) atoms. The summed E-state index contributed by atoms with van der Waals surface area (Å²) in [5.74, 6) is 0.144. The summed E-state index contributed by atoms with van der Waals surface area (Å²) in [6, 6.07) is 74.7. The molecule has 1 amide bonds. The molecule has 0 atom stereocenters. The van der Waals surface area contributed by atoms with Crippen molar-refractivity contribution < 1.29 is 22.7 Å². The quantitative estimate of drug-likeness (QED) is 0.142. The molecule has 1 aliphatic rings. The molecule has 9 heterocycles. The summed E-state index contributed by atoms with van der Waals surface area (Å²) < 4.78 is 28.1. The summed E-state index contributed by atoms with van der Waals surface area (Å²) in [6.07, 6.45) is 14.3. The van der Waals surface area contributed by atoms with Gasteiger partial charge in [0.05, 0.1) is 35.8 Å². The van der Waals surface area contributed by atoms with E-state index >= 15 is 0 Å². The highest BCUT2D eigenvalue weighted by molar-refractivity contribution is 5.98. The van der Waals surface area contributed by atoms with Crippen LogP contribution in [0, 0.1) is 69.2 Å². The third-order valence-electron chi connectivity index (χ3n) is 18.0. The molecule has 0 N–H and O–H groups in total. The highest BCUT2D eigenvalue weighted by atomic mass is 16.5. The van der Waals surface area contributed by atoms with E-state index < -0.39 is 0 Å². The van der Waals surface area contributed by atoms with Gasteiger partial charge in [0.25, 0.3) is 5.91 Å². The predicted octanol–water partition coefficient (Wildman–Crippen LogP) is 43.8. The van der Waals surface area contributed by atoms with Crippen LogP contribution in [0.4, 0.5) is 0 Å². The van der Waals surface area contributed by atoms with Gasteiger partial charge in [-0.3, -0.25) is 14.2 Å². The Morgan fingerprint density at radius 2 is 0.570 bits per heavy atom. The Labute approximate surface area is 913 Å². The number of hydrogen-bond donors (Lipinski definition) is 0. The highest BCUT2D eigenvalue weighted by Crippen LogP contribution is 2.24. The standard InChI is InChI=1S/C11H10.C10H11NO.2C10H11N.2C9H10N2.4C8H7NO.20C2H6.2CH4/c1-9-6-7-10-4-2-3-5-11(10)8-9;1-7-3-4-9-8(5-7)6-11(2)10(9)12;1-8-3-4-10-9(7-8)5-6-11(10)2;1-8-3-4-9-5-6-11(2)10(9)7-8;1-7-3-4-9-8(5-7)6-10-11(9)2;1-7-3-4-8-6-10-11(2)9(8)5-7;1-6-2-3-8-7(4-6)9-5-10-8;1-6-2-3-8-7(4-6)5-9-10-8;1-6-2-3-7-8(4-6)10-5-9-7;1-6-2-3-7-5-9-10-8(7)4-6;20*1-2;;/h2-8H,1H3;3-5H,6H2,1-2H3;2*3-7H,1-2H3;2*3-6H,1-2H3;4*2-5H,1H3;20*1-2H3;2*1H4. The maximum atomic E-state index is 11.4. The van der Waals surface area contributed by atoms with Crippen LogP contribution < -0.4 is 0 Å². The maximum absolute atomic E-state index is 11.4. The first-order valence-electron chi connectivity index (χ1n) is 55.4. The fourth-order valence-corrected chi connectivity index (χ4v) is 12.1. The Morgan fingerprint density at radius 3 is 1.08 bits per heavy atom. The van der Waals surface area contributed by atoms with Gasteiger partial charge in [-0.25, -0.2) is 9.97 Å². The van der Waals surface area contributed by atoms with E-state index in [9.17, 15) is 4.79 Å². The van der Waals surface area contributed by atoms with Crippen LogP contribution in [0.15, 0.2) is 286 Å². The monoisotopic (exact) mass is 2050 g/mol. The van der Waals surface area contributed by atoms with Crippen LogP contribution >= 0.6 is 0 Å². The van der Waals surface area contributed by atoms with Crippen molar-refractivity contribution in [1.29, 1.82) is 0 Å². The van der Waals surface area contributed by atoms with E-state index in [-0.39, 0.29) is 20.8 Å². The topological polar surface area (TPSA) is 170 Å². The molecule has 1 aliphatic heterocycles. The summed E-state index contributed by atoms with van der Waals surface area (Å²) in [7, 11) is 9.89. The van der Waals surface area contributed by atoms with E-state index in [1.807, 2.05) is 439 Å². The Bertz CT molecular complexity index is 5720. The van der Waals surface area contributed by atoms with Gasteiger partial charge < -0.3 is 31.9 Å². The maximum Gasteiger partial charge on any atom is 0.254 e. The van der Waals surface area contributed by atoms with Gasteiger partial charge in [-0.2, -0.15) is 10.2 Å². The third-order valence-corrected chi connectivity index (χ3v) is 18.0. The van der Waals surface area contributed by atoms with Crippen molar-refractivity contribution in [3.63, 3.8) is 0 Å². The number of carbonyl (C=O) groups is 1. The Kier molecular flexibility index (Phi) is 117. The molecule has 0 bridgehead atoms. The molecule has 0 radical (unpaired) electrons. The third kappa shape index (κ3) is 62.2. The fraction of sp³-hybridized carbons (Fsp3) is 0.436. The average Bonchev–Trinajstić information content (AvgIpc) is 1.65. The predicted molar refractivity (Wildman–Crippen MR) is 677 cm³/mol. The molecule has 20 rings (SSSR count). The molecule has 8 aromatic heterocycles. The first-order chi connectivity index (χ1) is 71.6. The minimum atomic E-state index is 0. The molecule has 0 unspecified atom stereocenters. The number of amides is 1. The van der Waals surface area contributed by atoms with Crippen LogP contribution in [0.2, 0.25) is 0 Å². The molecule has 19 aromatic rings. The van der Waals surface area contributed by atoms with Gasteiger partial charge in [-0.05, 0) is 227 Å². The molecular formula is C133H219N11O5. The lowest BCUT2D eigenvalue weighted by molar-refractivity contribution is 0.0816. The van der Waals surface area contributed by atoms with Crippen molar-refractivity contribution in [2.45, 2.75) is 368 Å². The molecule has 11 aromatic carbocycles. The minimum absolute atomic E-state index is 0. The smallest absolute Gasteiger partial charge is 0.254 e. The number of oxazole rings is 2. The van der Waals surface area contributed by atoms with Gasteiger partial charge in [0.2, 0.25) is 0 Å². The Balaban J connectivity index is -0.000000135. The second-order valence-corrected chi connectivity index (χ2v) is 27.2. The molecule has 16 nitrogen and oxygen atoms in total. The molecular weight excluding hydrogens is 1830 g/mol. The minimum Gasteiger partial charge on any atom is -0.443 e. The lowest BCUT2D eigenvalue weighted by Gasteiger charge is -2.04. The number of hydrogen-bond acceptors (Lipinski definition) is 11. The normalized spacial score (nSPS) is 8.77. The molecule has 0 fully saturated rings. The van der Waals surface area contributed by atoms with Crippen molar-refractivity contribution in [3.8, 4) is 0 Å². The Hall–Kier alpha value is -13.0. The molecule has 836 valence electrons. The van der Waals surface area contributed by atoms with Crippen molar-refractivity contribution in [2.24, 2.45) is 28.2 Å². The van der Waals surface area contributed by atoms with E-state index in [0.29, 0.717) is 0 Å². The summed E-state index contributed by atoms with van der Waals surface area (Å²) in [5, 5.41) is 25.5. The van der Waals surface area contributed by atoms with Gasteiger partial charge in [0, 0.05) is 92.3 Å². The van der Waals surface area contributed by atoms with E-state index in [1.54, 1.807) is 17.3 Å². The summed E-state index contributed by atoms with van der Waals surface area (Å²) in [5.41, 5.74) is 24.9. The zero-order chi connectivity index (χ0) is 116. The van der Waals surface area contributed by atoms with Crippen molar-refractivity contribution in [3.05, 3.63) is 335 Å². The number of nitrogens with zero attached hydrogens (tertiary/aromatic N) is 11. The summed E-state index contributed by atoms with van der Waals surface area (Å²) >= 11 is 0. The van der Waals surface area contributed by atoms with Crippen molar-refractivity contribution >= 4 is 104 Å². The largest absolute Gasteiger partial charge is 0.443 e. The van der Waals surface area contributed by atoms with Crippen LogP contribution in [-0.4, -0.2) is 66.8 Å². The number of rotatable bonds is 0. The van der Waals surface area contributed by atoms with E-state index in [1.165, 1.54) is 123 Å². The first-order valence-corrected chi connectivity index (χ1v) is 55.4. The number of aromatic nitrogens is 10. The average molecular weight is 2050 g/mol. The van der Waals surface area contributed by atoms with Crippen LogP contribution in [0.3, 0.4) is 0 Å². The van der Waals surface area contributed by atoms with E-state index in [0.717, 1.165) is 61.8 Å². The van der Waals surface area contributed by atoms with Crippen molar-refractivity contribution in [2.75, 3.05) is 7.05 Å². The summed E-state index contributed by atoms with van der Waals surface area (Å²) in [6.45, 7) is 101. The lowest BCUT2D eigenvalue weighted by Crippen LogP contribution is -2.17. The van der Waals surface area contributed by atoms with Gasteiger partial charge in [-0.1, -0.05) is 445 Å². The fourth-order valence-electron chi connectivity index (χ4n) is 12.1. The number of aryl methyl sites for hydroxylation is 14. The Morgan fingerprint density at radius 1 is 0.242 bits per heavy atom. The lowest BCUT2D eigenvalue weighted by atomic mass is 10.1. The second-order valence-electron chi connectivity index (χ2n) is 27.2. The van der Waals surface area contributed by atoms with Gasteiger partial charge in [0.1, 0.15) is 11.0 Å². The van der Waals surface area contributed by atoms with E-state index in [4.69, 9.17) is 17.9 Å². The summed E-state index contributed by atoms with van der Waals surface area (Å²) in [4.78, 5) is 21.2. The zero-order valence-corrected chi connectivity index (χ0v) is 104. The van der Waals surface area contributed by atoms with Gasteiger partial charge in [-0.15, -0.1) is 0 Å². The number of fused-ring (bicyclic) bond motifs is 10. The zero-order valence-electron chi connectivity index (χ0n) is 104. The van der Waals surface area contributed by atoms with Crippen LogP contribution in [0.5, 0.6) is 0 Å². The second kappa shape index (κ2) is 108. The molecule has 16 heteroatoms. The van der Waals surface area contributed by atoms with E-state index in [2.05, 4.69) is 234 Å². The molecule has 0 spiro atoms. The van der Waals surface area contributed by atoms with Crippen LogP contribution in [0.25, 0.3) is 98.5 Å².